The summed E-state index contributed by atoms with van der Waals surface area (Å²) in [5.74, 6) is -0.0427. The predicted molar refractivity (Wildman–Crippen MR) is 55.1 cm³/mol. The molecule has 1 heterocycles. The average Bonchev–Trinajstić information content (AvgIpc) is 2.50. The highest BCUT2D eigenvalue weighted by Gasteiger charge is 2.20. The number of unbranched alkanes of at least 4 members (excludes halogenated alkanes) is 2. The van der Waals surface area contributed by atoms with E-state index in [9.17, 15) is 9.59 Å². The molecule has 0 bridgehead atoms. The summed E-state index contributed by atoms with van der Waals surface area (Å²) >= 11 is 1.64. The van der Waals surface area contributed by atoms with Crippen LogP contribution in [0.2, 0.25) is 0 Å². The first-order chi connectivity index (χ1) is 6.68. The lowest BCUT2D eigenvalue weighted by Gasteiger charge is -2.07. The van der Waals surface area contributed by atoms with Gasteiger partial charge in [0.15, 0.2) is 0 Å². The van der Waals surface area contributed by atoms with Gasteiger partial charge in [-0.2, -0.15) is 0 Å². The summed E-state index contributed by atoms with van der Waals surface area (Å²) < 4.78 is 0. The molecule has 1 rings (SSSR count). The predicted octanol–water partition coefficient (Wildman–Crippen LogP) is 1.21. The Labute approximate surface area is 87.4 Å². The zero-order valence-electron chi connectivity index (χ0n) is 7.99. The Hall–Kier alpha value is -0.710. The Morgan fingerprint density at radius 3 is 2.86 bits per heavy atom. The number of carbonyl (C=O) groups is 2. The van der Waals surface area contributed by atoms with Gasteiger partial charge in [0.25, 0.3) is 0 Å². The fourth-order valence-electron chi connectivity index (χ4n) is 1.38. The maximum absolute atomic E-state index is 10.8. The summed E-state index contributed by atoms with van der Waals surface area (Å²) in [5.41, 5.74) is 0. The standard InChI is InChI=1S/C9H15NO3S/c11-7-6-14-8(10-7)4-2-1-3-5-9(12)13/h8H,1-6H2,(H,10,11)(H,12,13)/t8-/m0/s1. The minimum atomic E-state index is -0.728. The molecule has 1 amide bonds. The molecule has 14 heavy (non-hydrogen) atoms. The third-order valence-electron chi connectivity index (χ3n) is 2.09. The summed E-state index contributed by atoms with van der Waals surface area (Å²) in [6.45, 7) is 0. The maximum atomic E-state index is 10.8. The molecular formula is C9H15NO3S. The van der Waals surface area contributed by atoms with Crippen LogP contribution in [0.5, 0.6) is 0 Å². The van der Waals surface area contributed by atoms with Crippen LogP contribution in [0.4, 0.5) is 0 Å². The molecule has 1 aliphatic heterocycles. The van der Waals surface area contributed by atoms with Crippen molar-refractivity contribution in [3.8, 4) is 0 Å². The summed E-state index contributed by atoms with van der Waals surface area (Å²) in [5, 5.41) is 11.5. The largest absolute Gasteiger partial charge is 0.481 e. The number of carboxylic acid groups (broad SMARTS) is 1. The number of carboxylic acids is 1. The second-order valence-corrected chi connectivity index (χ2v) is 4.55. The van der Waals surface area contributed by atoms with Gasteiger partial charge in [-0.1, -0.05) is 12.8 Å². The first kappa shape index (κ1) is 11.4. The lowest BCUT2D eigenvalue weighted by Crippen LogP contribution is -2.24. The molecule has 4 nitrogen and oxygen atoms in total. The Kier molecular flexibility index (Phi) is 4.79. The van der Waals surface area contributed by atoms with Gasteiger partial charge < -0.3 is 10.4 Å². The number of amides is 1. The normalized spacial score (nSPS) is 20.9. The molecule has 0 aromatic rings. The van der Waals surface area contributed by atoms with Gasteiger partial charge in [0, 0.05) is 6.42 Å². The van der Waals surface area contributed by atoms with Crippen molar-refractivity contribution in [3.63, 3.8) is 0 Å². The van der Waals surface area contributed by atoms with Crippen LogP contribution in [0.25, 0.3) is 0 Å². The number of hydrogen-bond donors (Lipinski definition) is 2. The highest BCUT2D eigenvalue weighted by Crippen LogP contribution is 2.20. The molecule has 0 saturated carbocycles. The summed E-state index contributed by atoms with van der Waals surface area (Å²) in [6.07, 6.45) is 3.87. The van der Waals surface area contributed by atoms with Crippen molar-refractivity contribution in [1.82, 2.24) is 5.32 Å². The van der Waals surface area contributed by atoms with Gasteiger partial charge in [-0.05, 0) is 12.8 Å². The molecule has 2 N–H and O–H groups in total. The maximum Gasteiger partial charge on any atom is 0.303 e. The average molecular weight is 217 g/mol. The number of rotatable bonds is 6. The van der Waals surface area contributed by atoms with Crippen molar-refractivity contribution >= 4 is 23.6 Å². The number of hydrogen-bond acceptors (Lipinski definition) is 3. The second-order valence-electron chi connectivity index (χ2n) is 3.36. The van der Waals surface area contributed by atoms with Crippen LogP contribution in [0, 0.1) is 0 Å². The third-order valence-corrected chi connectivity index (χ3v) is 3.28. The van der Waals surface area contributed by atoms with E-state index in [1.54, 1.807) is 11.8 Å². The van der Waals surface area contributed by atoms with Crippen molar-refractivity contribution in [2.75, 3.05) is 5.75 Å². The monoisotopic (exact) mass is 217 g/mol. The fourth-order valence-corrected chi connectivity index (χ4v) is 2.36. The van der Waals surface area contributed by atoms with E-state index in [1.807, 2.05) is 0 Å². The second kappa shape index (κ2) is 5.90. The fraction of sp³-hybridized carbons (Fsp3) is 0.778. The first-order valence-corrected chi connectivity index (χ1v) is 5.86. The lowest BCUT2D eigenvalue weighted by molar-refractivity contribution is -0.137. The van der Waals surface area contributed by atoms with Gasteiger partial charge in [-0.25, -0.2) is 0 Å². The van der Waals surface area contributed by atoms with E-state index in [0.717, 1.165) is 25.7 Å². The van der Waals surface area contributed by atoms with Crippen LogP contribution >= 0.6 is 11.8 Å². The Morgan fingerprint density at radius 1 is 1.50 bits per heavy atom. The minimum Gasteiger partial charge on any atom is -0.481 e. The number of nitrogens with one attached hydrogen (secondary N) is 1. The Bertz CT molecular complexity index is 220. The molecule has 1 atom stereocenters. The smallest absolute Gasteiger partial charge is 0.303 e. The van der Waals surface area contributed by atoms with Gasteiger partial charge in [0.2, 0.25) is 5.91 Å². The van der Waals surface area contributed by atoms with E-state index < -0.39 is 5.97 Å². The van der Waals surface area contributed by atoms with Gasteiger partial charge in [-0.15, -0.1) is 11.8 Å². The highest BCUT2D eigenvalue weighted by molar-refractivity contribution is 8.01. The van der Waals surface area contributed by atoms with Gasteiger partial charge in [0.1, 0.15) is 0 Å². The zero-order chi connectivity index (χ0) is 10.4. The molecule has 0 aromatic heterocycles. The quantitative estimate of drug-likeness (QED) is 0.656. The molecular weight excluding hydrogens is 202 g/mol. The van der Waals surface area contributed by atoms with E-state index in [4.69, 9.17) is 5.11 Å². The molecule has 0 aliphatic carbocycles. The number of aliphatic carboxylic acids is 1. The molecule has 1 saturated heterocycles. The molecule has 80 valence electrons. The van der Waals surface area contributed by atoms with E-state index in [-0.39, 0.29) is 17.7 Å². The van der Waals surface area contributed by atoms with Crippen molar-refractivity contribution in [1.29, 1.82) is 0 Å². The Balaban J connectivity index is 1.94. The summed E-state index contributed by atoms with van der Waals surface area (Å²) in [6, 6.07) is 0. The van der Waals surface area contributed by atoms with Crippen molar-refractivity contribution in [2.45, 2.75) is 37.5 Å². The first-order valence-electron chi connectivity index (χ1n) is 4.81. The van der Waals surface area contributed by atoms with Gasteiger partial charge >= 0.3 is 5.97 Å². The van der Waals surface area contributed by atoms with E-state index in [2.05, 4.69) is 5.32 Å². The molecule has 0 aromatic carbocycles. The number of thioether (sulfide) groups is 1. The van der Waals surface area contributed by atoms with Gasteiger partial charge in [-0.3, -0.25) is 9.59 Å². The van der Waals surface area contributed by atoms with Crippen LogP contribution in [-0.2, 0) is 9.59 Å². The SMILES string of the molecule is O=C(O)CCCCC[C@H]1NC(=O)CS1. The zero-order valence-corrected chi connectivity index (χ0v) is 8.81. The van der Waals surface area contributed by atoms with Crippen LogP contribution < -0.4 is 5.32 Å². The summed E-state index contributed by atoms with van der Waals surface area (Å²) in [7, 11) is 0. The highest BCUT2D eigenvalue weighted by atomic mass is 32.2. The van der Waals surface area contributed by atoms with E-state index in [1.165, 1.54) is 0 Å². The molecule has 1 aliphatic rings. The lowest BCUT2D eigenvalue weighted by atomic mass is 10.1. The minimum absolute atomic E-state index is 0.116. The molecule has 5 heteroatoms. The molecule has 1 fully saturated rings. The molecule has 0 unspecified atom stereocenters. The van der Waals surface area contributed by atoms with Crippen LogP contribution in [0.3, 0.4) is 0 Å². The van der Waals surface area contributed by atoms with E-state index >= 15 is 0 Å². The molecule has 0 radical (unpaired) electrons. The van der Waals surface area contributed by atoms with Crippen LogP contribution in [0.1, 0.15) is 32.1 Å². The van der Waals surface area contributed by atoms with Crippen LogP contribution in [0.15, 0.2) is 0 Å². The van der Waals surface area contributed by atoms with Crippen molar-refractivity contribution in [2.24, 2.45) is 0 Å². The van der Waals surface area contributed by atoms with Crippen molar-refractivity contribution < 1.29 is 14.7 Å². The third kappa shape index (κ3) is 4.50. The Morgan fingerprint density at radius 2 is 2.29 bits per heavy atom. The van der Waals surface area contributed by atoms with Crippen LogP contribution in [-0.4, -0.2) is 28.1 Å². The topological polar surface area (TPSA) is 66.4 Å². The van der Waals surface area contributed by atoms with E-state index in [0.29, 0.717) is 5.75 Å². The van der Waals surface area contributed by atoms with Gasteiger partial charge in [0.05, 0.1) is 11.1 Å². The van der Waals surface area contributed by atoms with Crippen molar-refractivity contribution in [3.05, 3.63) is 0 Å². The molecule has 0 spiro atoms. The summed E-state index contributed by atoms with van der Waals surface area (Å²) in [4.78, 5) is 21.0. The number of carbonyl (C=O) groups excluding carboxylic acids is 1.